The summed E-state index contributed by atoms with van der Waals surface area (Å²) in [4.78, 5) is 0. The van der Waals surface area contributed by atoms with Crippen molar-refractivity contribution in [1.82, 2.24) is 0 Å². The SMILES string of the molecule is CCOC(=[Se])C[Si](c1ccccc1)(c1ccccc1)c1ccccc1. The molecule has 25 heavy (non-hydrogen) atoms. The van der Waals surface area contributed by atoms with Gasteiger partial charge in [-0.15, -0.1) is 0 Å². The minimum atomic E-state index is -2.22. The van der Waals surface area contributed by atoms with Crippen molar-refractivity contribution in [2.45, 2.75) is 13.0 Å². The molecule has 3 rings (SSSR count). The topological polar surface area (TPSA) is 9.23 Å². The van der Waals surface area contributed by atoms with Crippen LogP contribution in [0.2, 0.25) is 6.04 Å². The first kappa shape index (κ1) is 17.9. The summed E-state index contributed by atoms with van der Waals surface area (Å²) < 4.78 is 6.85. The zero-order valence-corrected chi connectivity index (χ0v) is 17.1. The maximum absolute atomic E-state index is 5.86. The molecule has 0 aliphatic carbocycles. The number of hydrogen-bond acceptors (Lipinski definition) is 1. The molecule has 3 heteroatoms. The van der Waals surface area contributed by atoms with Crippen LogP contribution in [0.25, 0.3) is 0 Å². The quantitative estimate of drug-likeness (QED) is 0.430. The molecule has 0 N–H and O–H groups in total. The molecule has 0 aromatic heterocycles. The van der Waals surface area contributed by atoms with Gasteiger partial charge in [-0.2, -0.15) is 0 Å². The van der Waals surface area contributed by atoms with Gasteiger partial charge in [-0.25, -0.2) is 0 Å². The molecule has 0 aliphatic heterocycles. The number of hydrogen-bond donors (Lipinski definition) is 0. The van der Waals surface area contributed by atoms with Gasteiger partial charge in [-0.1, -0.05) is 0 Å². The van der Waals surface area contributed by atoms with Crippen LogP contribution < -0.4 is 15.6 Å². The number of ether oxygens (including phenoxy) is 1. The maximum atomic E-state index is 5.86. The normalized spacial score (nSPS) is 11.1. The molecule has 0 saturated heterocycles. The summed E-state index contributed by atoms with van der Waals surface area (Å²) in [7, 11) is -2.22. The van der Waals surface area contributed by atoms with E-state index in [2.05, 4.69) is 107 Å². The van der Waals surface area contributed by atoms with E-state index in [4.69, 9.17) is 4.74 Å². The van der Waals surface area contributed by atoms with Crippen molar-refractivity contribution in [1.29, 1.82) is 0 Å². The minimum absolute atomic E-state index is 0.686. The van der Waals surface area contributed by atoms with Crippen molar-refractivity contribution in [3.05, 3.63) is 91.0 Å². The molecule has 0 saturated carbocycles. The summed E-state index contributed by atoms with van der Waals surface area (Å²) in [6, 6.07) is 33.6. The van der Waals surface area contributed by atoms with Gasteiger partial charge in [0.2, 0.25) is 0 Å². The van der Waals surface area contributed by atoms with E-state index in [1.165, 1.54) is 15.6 Å². The van der Waals surface area contributed by atoms with Gasteiger partial charge in [0.05, 0.1) is 0 Å². The van der Waals surface area contributed by atoms with E-state index >= 15 is 0 Å². The second kappa shape index (κ2) is 8.44. The van der Waals surface area contributed by atoms with Gasteiger partial charge in [-0.3, -0.25) is 0 Å². The van der Waals surface area contributed by atoms with Crippen LogP contribution in [-0.4, -0.2) is 34.9 Å². The molecule has 0 heterocycles. The fraction of sp³-hybridized carbons (Fsp3) is 0.136. The molecule has 0 radical (unpaired) electrons. The Balaban J connectivity index is 2.26. The standard InChI is InChI=1S/C22H22OSeSi/c1-2-23-22(24)18-25(19-12-6-3-7-13-19,20-14-8-4-9-15-20)21-16-10-5-11-17-21/h3-17H,2,18H2,1H3. The molecule has 0 aliphatic rings. The van der Waals surface area contributed by atoms with Crippen LogP contribution in [0.4, 0.5) is 0 Å². The first-order valence-electron chi connectivity index (χ1n) is 8.59. The van der Waals surface area contributed by atoms with Gasteiger partial charge in [-0.05, 0) is 0 Å². The molecule has 3 aromatic carbocycles. The summed E-state index contributed by atoms with van der Waals surface area (Å²) in [5, 5.41) is 4.21. The zero-order valence-electron chi connectivity index (χ0n) is 14.4. The van der Waals surface area contributed by atoms with Crippen LogP contribution >= 0.6 is 0 Å². The first-order chi connectivity index (χ1) is 12.3. The molecule has 0 unspecified atom stereocenters. The monoisotopic (exact) mass is 410 g/mol. The van der Waals surface area contributed by atoms with Crippen molar-refractivity contribution in [2.24, 2.45) is 0 Å². The van der Waals surface area contributed by atoms with Crippen LogP contribution in [0.3, 0.4) is 0 Å². The van der Waals surface area contributed by atoms with Gasteiger partial charge in [0.1, 0.15) is 0 Å². The molecule has 0 spiro atoms. The third-order valence-corrected chi connectivity index (χ3v) is 10.4. The second-order valence-corrected chi connectivity index (χ2v) is 10.8. The third kappa shape index (κ3) is 3.85. The van der Waals surface area contributed by atoms with Crippen LogP contribution in [0.15, 0.2) is 91.0 Å². The Hall–Kier alpha value is -1.93. The van der Waals surface area contributed by atoms with E-state index in [9.17, 15) is 0 Å². The Morgan fingerprint density at radius 2 is 1.08 bits per heavy atom. The molecule has 126 valence electrons. The predicted octanol–water partition coefficient (Wildman–Crippen LogP) is 2.49. The van der Waals surface area contributed by atoms with E-state index in [1.54, 1.807) is 0 Å². The van der Waals surface area contributed by atoms with Gasteiger partial charge in [0, 0.05) is 0 Å². The Bertz CT molecular complexity index is 707. The Labute approximate surface area is 159 Å². The summed E-state index contributed by atoms with van der Waals surface area (Å²) in [6.07, 6.45) is 0. The molecular formula is C22H22OSeSi. The molecule has 0 amide bonds. The predicted molar refractivity (Wildman–Crippen MR) is 111 cm³/mol. The summed E-state index contributed by atoms with van der Waals surface area (Å²) >= 11 is 3.17. The van der Waals surface area contributed by atoms with E-state index in [1.807, 2.05) is 6.92 Å². The van der Waals surface area contributed by atoms with Crippen LogP contribution in [0.1, 0.15) is 6.92 Å². The molecule has 0 bridgehead atoms. The van der Waals surface area contributed by atoms with Crippen LogP contribution in [0.5, 0.6) is 0 Å². The molecule has 3 aromatic rings. The molecule has 0 atom stereocenters. The average molecular weight is 409 g/mol. The van der Waals surface area contributed by atoms with E-state index in [0.717, 1.165) is 10.6 Å². The second-order valence-electron chi connectivity index (χ2n) is 5.99. The summed E-state index contributed by atoms with van der Waals surface area (Å²) in [5.41, 5.74) is 0. The third-order valence-electron chi connectivity index (χ3n) is 4.51. The Morgan fingerprint density at radius 1 is 0.720 bits per heavy atom. The number of benzene rings is 3. The molecule has 1 nitrogen and oxygen atoms in total. The Morgan fingerprint density at radius 3 is 1.40 bits per heavy atom. The first-order valence-corrected chi connectivity index (χ1v) is 11.7. The van der Waals surface area contributed by atoms with Crippen LogP contribution in [0, 0.1) is 0 Å². The molecule has 0 fully saturated rings. The van der Waals surface area contributed by atoms with Gasteiger partial charge < -0.3 is 0 Å². The zero-order chi connectivity index (χ0) is 17.5. The number of rotatable bonds is 7. The van der Waals surface area contributed by atoms with E-state index in [0.29, 0.717) is 6.61 Å². The van der Waals surface area contributed by atoms with Crippen molar-refractivity contribution in [3.63, 3.8) is 0 Å². The van der Waals surface area contributed by atoms with Crippen molar-refractivity contribution >= 4 is 43.8 Å². The Kier molecular flexibility index (Phi) is 6.03. The van der Waals surface area contributed by atoms with Crippen molar-refractivity contribution in [2.75, 3.05) is 6.61 Å². The fourth-order valence-electron chi connectivity index (χ4n) is 3.40. The summed E-state index contributed by atoms with van der Waals surface area (Å²) in [5.74, 6) is 0. The van der Waals surface area contributed by atoms with Crippen molar-refractivity contribution < 1.29 is 4.74 Å². The average Bonchev–Trinajstić information content (AvgIpc) is 2.68. The van der Waals surface area contributed by atoms with Gasteiger partial charge in [0.15, 0.2) is 0 Å². The van der Waals surface area contributed by atoms with Gasteiger partial charge >= 0.3 is 159 Å². The van der Waals surface area contributed by atoms with Crippen LogP contribution in [-0.2, 0) is 4.74 Å². The van der Waals surface area contributed by atoms with E-state index < -0.39 is 8.07 Å². The van der Waals surface area contributed by atoms with E-state index in [-0.39, 0.29) is 0 Å². The molecular weight excluding hydrogens is 387 g/mol. The fourth-order valence-corrected chi connectivity index (χ4v) is 9.44. The summed E-state index contributed by atoms with van der Waals surface area (Å²) in [6.45, 7) is 2.72. The van der Waals surface area contributed by atoms with Crippen molar-refractivity contribution in [3.8, 4) is 0 Å². The van der Waals surface area contributed by atoms with Gasteiger partial charge in [0.25, 0.3) is 0 Å².